The van der Waals surface area contributed by atoms with Gasteiger partial charge in [-0.3, -0.25) is 14.4 Å². The summed E-state index contributed by atoms with van der Waals surface area (Å²) in [6.45, 7) is 0. The standard InChI is InChI=1S/C36H25Cl3FN3O3S/c37-28-16-7-13-24(32(28)39)19-31(43-34(44)23-11-5-2-6-12-23)35(45)41-25-14-8-15-27(20-25)47-33(22-9-3-1-4-10-22)36(46)42-26-17-18-30(40)29(38)21-26/h1-21,33H,(H,41,45)(H,42,46)(H,43,44)/b31-19+. The number of rotatable bonds is 10. The number of carbonyl (C=O) groups is 3. The van der Waals surface area contributed by atoms with Crippen LogP contribution in [0.2, 0.25) is 15.1 Å². The van der Waals surface area contributed by atoms with Crippen molar-refractivity contribution in [3.8, 4) is 0 Å². The molecular weight excluding hydrogens is 680 g/mol. The zero-order valence-electron chi connectivity index (χ0n) is 24.3. The second kappa shape index (κ2) is 15.8. The van der Waals surface area contributed by atoms with Crippen molar-refractivity contribution < 1.29 is 18.8 Å². The predicted octanol–water partition coefficient (Wildman–Crippen LogP) is 9.67. The Morgan fingerprint density at radius 3 is 2.11 bits per heavy atom. The van der Waals surface area contributed by atoms with E-state index >= 15 is 0 Å². The van der Waals surface area contributed by atoms with Gasteiger partial charge >= 0.3 is 0 Å². The molecule has 0 heterocycles. The molecule has 1 unspecified atom stereocenters. The average Bonchev–Trinajstić information content (AvgIpc) is 3.08. The van der Waals surface area contributed by atoms with E-state index in [0.29, 0.717) is 32.4 Å². The first-order valence-corrected chi connectivity index (χ1v) is 16.1. The van der Waals surface area contributed by atoms with Crippen molar-refractivity contribution in [2.75, 3.05) is 10.6 Å². The first-order valence-electron chi connectivity index (χ1n) is 14.1. The Morgan fingerprint density at radius 1 is 0.702 bits per heavy atom. The first kappa shape index (κ1) is 33.8. The van der Waals surface area contributed by atoms with Crippen molar-refractivity contribution in [3.63, 3.8) is 0 Å². The van der Waals surface area contributed by atoms with Crippen LogP contribution in [0, 0.1) is 5.82 Å². The summed E-state index contributed by atoms with van der Waals surface area (Å²) < 4.78 is 13.7. The van der Waals surface area contributed by atoms with E-state index in [9.17, 15) is 18.8 Å². The summed E-state index contributed by atoms with van der Waals surface area (Å²) in [5.74, 6) is -2.05. The minimum atomic E-state index is -0.712. The van der Waals surface area contributed by atoms with Gasteiger partial charge in [0.05, 0.1) is 15.1 Å². The van der Waals surface area contributed by atoms with Crippen molar-refractivity contribution in [3.05, 3.63) is 165 Å². The maximum absolute atomic E-state index is 13.7. The van der Waals surface area contributed by atoms with Gasteiger partial charge in [0.1, 0.15) is 16.8 Å². The van der Waals surface area contributed by atoms with Crippen molar-refractivity contribution in [1.29, 1.82) is 0 Å². The lowest BCUT2D eigenvalue weighted by molar-refractivity contribution is -0.116. The lowest BCUT2D eigenvalue weighted by Crippen LogP contribution is -2.30. The zero-order chi connectivity index (χ0) is 33.3. The third-order valence-corrected chi connectivity index (χ3v) is 9.05. The number of amides is 3. The molecule has 0 radical (unpaired) electrons. The molecule has 3 amide bonds. The van der Waals surface area contributed by atoms with Crippen LogP contribution in [0.1, 0.15) is 26.7 Å². The number of benzene rings is 5. The number of thioether (sulfide) groups is 1. The number of halogens is 4. The van der Waals surface area contributed by atoms with Gasteiger partial charge in [-0.2, -0.15) is 0 Å². The van der Waals surface area contributed by atoms with Crippen LogP contribution >= 0.6 is 46.6 Å². The molecule has 5 aromatic carbocycles. The molecule has 6 nitrogen and oxygen atoms in total. The van der Waals surface area contributed by atoms with Crippen LogP contribution in [0.15, 0.2) is 132 Å². The predicted molar refractivity (Wildman–Crippen MR) is 188 cm³/mol. The van der Waals surface area contributed by atoms with Crippen molar-refractivity contribution >= 4 is 81.7 Å². The number of nitrogens with one attached hydrogen (secondary N) is 3. The Bertz CT molecular complexity index is 1960. The highest BCUT2D eigenvalue weighted by atomic mass is 35.5. The summed E-state index contributed by atoms with van der Waals surface area (Å²) in [6, 6.07) is 33.5. The number of hydrogen-bond donors (Lipinski definition) is 3. The molecule has 0 aromatic heterocycles. The second-order valence-electron chi connectivity index (χ2n) is 10.0. The van der Waals surface area contributed by atoms with Gasteiger partial charge in [-0.15, -0.1) is 11.8 Å². The number of anilines is 2. The van der Waals surface area contributed by atoms with Gasteiger partial charge in [-0.25, -0.2) is 4.39 Å². The van der Waals surface area contributed by atoms with E-state index < -0.39 is 22.9 Å². The second-order valence-corrected chi connectivity index (χ2v) is 12.4. The quantitative estimate of drug-likeness (QED) is 0.0998. The molecular formula is C36H25Cl3FN3O3S. The summed E-state index contributed by atoms with van der Waals surface area (Å²) in [4.78, 5) is 40.8. The van der Waals surface area contributed by atoms with Gasteiger partial charge in [-0.05, 0) is 71.8 Å². The van der Waals surface area contributed by atoms with E-state index in [1.165, 1.54) is 36.0 Å². The Kier molecular flexibility index (Phi) is 11.3. The van der Waals surface area contributed by atoms with Gasteiger partial charge in [0.15, 0.2) is 0 Å². The molecule has 5 aromatic rings. The largest absolute Gasteiger partial charge is 0.325 e. The molecule has 0 saturated heterocycles. The molecule has 0 bridgehead atoms. The Morgan fingerprint density at radius 2 is 1.38 bits per heavy atom. The van der Waals surface area contributed by atoms with Gasteiger partial charge < -0.3 is 16.0 Å². The molecule has 236 valence electrons. The summed E-state index contributed by atoms with van der Waals surface area (Å²) in [5.41, 5.74) is 2.21. The molecule has 5 rings (SSSR count). The topological polar surface area (TPSA) is 87.3 Å². The maximum atomic E-state index is 13.7. The van der Waals surface area contributed by atoms with Crippen LogP contribution in [0.3, 0.4) is 0 Å². The molecule has 0 aliphatic rings. The van der Waals surface area contributed by atoms with Crippen molar-refractivity contribution in [1.82, 2.24) is 5.32 Å². The Labute approximate surface area is 289 Å². The lowest BCUT2D eigenvalue weighted by Gasteiger charge is -2.18. The fourth-order valence-electron chi connectivity index (χ4n) is 4.39. The van der Waals surface area contributed by atoms with E-state index in [0.717, 1.165) is 5.56 Å². The molecule has 3 N–H and O–H groups in total. The summed E-state index contributed by atoms with van der Waals surface area (Å²) in [7, 11) is 0. The van der Waals surface area contributed by atoms with Gasteiger partial charge in [0.2, 0.25) is 5.91 Å². The van der Waals surface area contributed by atoms with Crippen molar-refractivity contribution in [2.45, 2.75) is 10.1 Å². The highest BCUT2D eigenvalue weighted by molar-refractivity contribution is 8.00. The Balaban J connectivity index is 1.39. The van der Waals surface area contributed by atoms with Crippen LogP contribution < -0.4 is 16.0 Å². The number of carbonyl (C=O) groups excluding carboxylic acids is 3. The molecule has 0 aliphatic heterocycles. The Hall–Kier alpha value is -4.60. The fraction of sp³-hybridized carbons (Fsp3) is 0.0278. The van der Waals surface area contributed by atoms with Crippen LogP contribution in [0.25, 0.3) is 6.08 Å². The van der Waals surface area contributed by atoms with E-state index in [-0.39, 0.29) is 21.6 Å². The molecule has 47 heavy (non-hydrogen) atoms. The minimum Gasteiger partial charge on any atom is -0.325 e. The van der Waals surface area contributed by atoms with E-state index in [4.69, 9.17) is 34.8 Å². The van der Waals surface area contributed by atoms with Gasteiger partial charge in [-0.1, -0.05) is 102 Å². The fourth-order valence-corrected chi connectivity index (χ4v) is 6.02. The maximum Gasteiger partial charge on any atom is 0.272 e. The molecule has 0 aliphatic carbocycles. The SMILES string of the molecule is O=C(Nc1cccc(SC(C(=O)Nc2ccc(F)c(Cl)c2)c2ccccc2)c1)/C(=C\c1cccc(Cl)c1Cl)NC(=O)c1ccccc1. The molecule has 0 saturated carbocycles. The van der Waals surface area contributed by atoms with Gasteiger partial charge in [0, 0.05) is 21.8 Å². The summed E-state index contributed by atoms with van der Waals surface area (Å²) in [5, 5.41) is 8.00. The normalized spacial score (nSPS) is 11.8. The zero-order valence-corrected chi connectivity index (χ0v) is 27.4. The van der Waals surface area contributed by atoms with Crippen LogP contribution in [-0.4, -0.2) is 17.7 Å². The van der Waals surface area contributed by atoms with Gasteiger partial charge in [0.25, 0.3) is 11.8 Å². The highest BCUT2D eigenvalue weighted by Crippen LogP contribution is 2.37. The lowest BCUT2D eigenvalue weighted by atomic mass is 10.1. The summed E-state index contributed by atoms with van der Waals surface area (Å²) in [6.07, 6.45) is 1.44. The van der Waals surface area contributed by atoms with Crippen LogP contribution in [-0.2, 0) is 9.59 Å². The molecule has 0 fully saturated rings. The highest BCUT2D eigenvalue weighted by Gasteiger charge is 2.23. The smallest absolute Gasteiger partial charge is 0.272 e. The van der Waals surface area contributed by atoms with Crippen LogP contribution in [0.5, 0.6) is 0 Å². The first-order chi connectivity index (χ1) is 22.7. The molecule has 1 atom stereocenters. The van der Waals surface area contributed by atoms with Crippen LogP contribution in [0.4, 0.5) is 15.8 Å². The third-order valence-electron chi connectivity index (χ3n) is 6.68. The third kappa shape index (κ3) is 9.02. The van der Waals surface area contributed by atoms with E-state index in [1.54, 1.807) is 72.8 Å². The summed E-state index contributed by atoms with van der Waals surface area (Å²) >= 11 is 19.7. The molecule has 11 heteroatoms. The minimum absolute atomic E-state index is 0.0689. The number of hydrogen-bond acceptors (Lipinski definition) is 4. The van der Waals surface area contributed by atoms with Crippen molar-refractivity contribution in [2.24, 2.45) is 0 Å². The van der Waals surface area contributed by atoms with E-state index in [2.05, 4.69) is 16.0 Å². The molecule has 0 spiro atoms. The average molecular weight is 705 g/mol. The monoisotopic (exact) mass is 703 g/mol. The van der Waals surface area contributed by atoms with E-state index in [1.807, 2.05) is 30.3 Å².